The van der Waals surface area contributed by atoms with Crippen molar-refractivity contribution in [3.05, 3.63) is 35.4 Å². The zero-order valence-corrected chi connectivity index (χ0v) is 12.7. The maximum atomic E-state index is 4.69. The molecule has 1 atom stereocenters. The molecule has 2 heterocycles. The second kappa shape index (κ2) is 5.66. The monoisotopic (exact) mass is 324 g/mol. The molecule has 2 aliphatic rings. The first-order chi connectivity index (χ1) is 8.86. The molecule has 18 heavy (non-hydrogen) atoms. The number of aliphatic imine (C=N–C) groups is 1. The Morgan fingerprint density at radius 1 is 1.22 bits per heavy atom. The fourth-order valence-corrected chi connectivity index (χ4v) is 4.11. The lowest BCUT2D eigenvalue weighted by atomic mass is 10.0. The summed E-state index contributed by atoms with van der Waals surface area (Å²) in [6.45, 7) is 3.18. The first kappa shape index (κ1) is 12.5. The van der Waals surface area contributed by atoms with Crippen molar-refractivity contribution in [2.24, 2.45) is 4.99 Å². The first-order valence-corrected chi connectivity index (χ1v) is 8.46. The van der Waals surface area contributed by atoms with Gasteiger partial charge in [0.2, 0.25) is 0 Å². The number of nitrogens with zero attached hydrogens (tertiary/aromatic N) is 2. The quantitative estimate of drug-likeness (QED) is 0.738. The van der Waals surface area contributed by atoms with Gasteiger partial charge in [-0.2, -0.15) is 0 Å². The third-order valence-electron chi connectivity index (χ3n) is 3.57. The fourth-order valence-electron chi connectivity index (χ4n) is 2.52. The largest absolute Gasteiger partial charge is 0.351 e. The third kappa shape index (κ3) is 2.59. The summed E-state index contributed by atoms with van der Waals surface area (Å²) in [7, 11) is 0. The van der Waals surface area contributed by atoms with E-state index in [1.54, 1.807) is 0 Å². The normalized spacial score (nSPS) is 23.5. The first-order valence-electron chi connectivity index (χ1n) is 6.45. The highest BCUT2D eigenvalue weighted by Crippen LogP contribution is 2.26. The number of benzene rings is 1. The Balaban J connectivity index is 1.69. The molecule has 0 amide bonds. The molecule has 0 aromatic heterocycles. The van der Waals surface area contributed by atoms with Gasteiger partial charge in [0.05, 0.1) is 6.54 Å². The van der Waals surface area contributed by atoms with E-state index in [0.717, 1.165) is 37.8 Å². The van der Waals surface area contributed by atoms with E-state index in [1.165, 1.54) is 16.3 Å². The number of halogens is 1. The van der Waals surface area contributed by atoms with Crippen LogP contribution in [0.25, 0.3) is 0 Å². The molecule has 0 N–H and O–H groups in total. The highest BCUT2D eigenvalue weighted by Gasteiger charge is 2.24. The Hall–Kier alpha value is -0.480. The molecule has 1 aromatic rings. The SMILES string of the molecule is BrCC1CN=C(N2CCc3ccccc3CC2)S1. The second-order valence-corrected chi connectivity index (χ2v) is 6.69. The van der Waals surface area contributed by atoms with Crippen molar-refractivity contribution in [2.45, 2.75) is 18.1 Å². The van der Waals surface area contributed by atoms with Crippen molar-refractivity contribution < 1.29 is 0 Å². The van der Waals surface area contributed by atoms with Gasteiger partial charge < -0.3 is 4.90 Å². The van der Waals surface area contributed by atoms with E-state index in [1.807, 2.05) is 11.8 Å². The molecule has 0 radical (unpaired) electrons. The maximum absolute atomic E-state index is 4.69. The van der Waals surface area contributed by atoms with Gasteiger partial charge in [-0.15, -0.1) is 0 Å². The standard InChI is InChI=1S/C14H17BrN2S/c15-9-13-10-16-14(18-13)17-7-5-11-3-1-2-4-12(11)6-8-17/h1-4,13H,5-10H2. The van der Waals surface area contributed by atoms with Crippen LogP contribution in [-0.2, 0) is 12.8 Å². The van der Waals surface area contributed by atoms with E-state index in [9.17, 15) is 0 Å². The van der Waals surface area contributed by atoms with Gasteiger partial charge >= 0.3 is 0 Å². The van der Waals surface area contributed by atoms with Crippen LogP contribution in [0.2, 0.25) is 0 Å². The summed E-state index contributed by atoms with van der Waals surface area (Å²) >= 11 is 5.49. The molecule has 0 saturated heterocycles. The minimum Gasteiger partial charge on any atom is -0.351 e. The molecule has 0 fully saturated rings. The van der Waals surface area contributed by atoms with Gasteiger partial charge in [0.1, 0.15) is 0 Å². The highest BCUT2D eigenvalue weighted by atomic mass is 79.9. The predicted molar refractivity (Wildman–Crippen MR) is 82.9 cm³/mol. The van der Waals surface area contributed by atoms with Gasteiger partial charge in [0, 0.05) is 23.7 Å². The lowest BCUT2D eigenvalue weighted by Gasteiger charge is -2.21. The van der Waals surface area contributed by atoms with E-state index in [4.69, 9.17) is 4.99 Å². The number of fused-ring (bicyclic) bond motifs is 1. The van der Waals surface area contributed by atoms with Crippen molar-refractivity contribution in [1.82, 2.24) is 4.90 Å². The summed E-state index contributed by atoms with van der Waals surface area (Å²) in [6, 6.07) is 8.84. The van der Waals surface area contributed by atoms with E-state index < -0.39 is 0 Å². The Bertz CT molecular complexity index is 434. The van der Waals surface area contributed by atoms with Crippen molar-refractivity contribution in [3.63, 3.8) is 0 Å². The summed E-state index contributed by atoms with van der Waals surface area (Å²) in [5, 5.41) is 2.93. The van der Waals surface area contributed by atoms with Gasteiger partial charge in [-0.1, -0.05) is 52.0 Å². The molecule has 0 aliphatic carbocycles. The Morgan fingerprint density at radius 2 is 1.89 bits per heavy atom. The predicted octanol–water partition coefficient (Wildman–Crippen LogP) is 2.95. The van der Waals surface area contributed by atoms with E-state index in [-0.39, 0.29) is 0 Å². The van der Waals surface area contributed by atoms with Crippen molar-refractivity contribution in [3.8, 4) is 0 Å². The van der Waals surface area contributed by atoms with Crippen LogP contribution >= 0.6 is 27.7 Å². The number of hydrogen-bond acceptors (Lipinski definition) is 3. The Morgan fingerprint density at radius 3 is 2.44 bits per heavy atom. The van der Waals surface area contributed by atoms with Crippen LogP contribution in [0.4, 0.5) is 0 Å². The van der Waals surface area contributed by atoms with Crippen LogP contribution in [0.1, 0.15) is 11.1 Å². The van der Waals surface area contributed by atoms with Crippen LogP contribution in [0, 0.1) is 0 Å². The lowest BCUT2D eigenvalue weighted by Crippen LogP contribution is -2.30. The van der Waals surface area contributed by atoms with Gasteiger partial charge in [0.15, 0.2) is 5.17 Å². The lowest BCUT2D eigenvalue weighted by molar-refractivity contribution is 0.447. The Labute approximate surface area is 121 Å². The molecule has 4 heteroatoms. The minimum absolute atomic E-state index is 0.630. The number of amidine groups is 1. The van der Waals surface area contributed by atoms with Crippen LogP contribution in [0.3, 0.4) is 0 Å². The van der Waals surface area contributed by atoms with Crippen molar-refractivity contribution >= 4 is 32.9 Å². The van der Waals surface area contributed by atoms with Gasteiger partial charge in [-0.25, -0.2) is 0 Å². The molecular formula is C14H17BrN2S. The molecule has 0 spiro atoms. The zero-order chi connectivity index (χ0) is 12.4. The molecule has 96 valence electrons. The molecule has 0 saturated carbocycles. The number of rotatable bonds is 1. The molecule has 3 rings (SSSR count). The van der Waals surface area contributed by atoms with Crippen LogP contribution < -0.4 is 0 Å². The van der Waals surface area contributed by atoms with Gasteiger partial charge in [0.25, 0.3) is 0 Å². The van der Waals surface area contributed by atoms with E-state index >= 15 is 0 Å². The highest BCUT2D eigenvalue weighted by molar-refractivity contribution is 9.09. The number of thioether (sulfide) groups is 1. The maximum Gasteiger partial charge on any atom is 0.159 e. The number of alkyl halides is 1. The Kier molecular flexibility index (Phi) is 3.94. The second-order valence-electron chi connectivity index (χ2n) is 4.77. The van der Waals surface area contributed by atoms with E-state index in [0.29, 0.717) is 5.25 Å². The number of hydrogen-bond donors (Lipinski definition) is 0. The fraction of sp³-hybridized carbons (Fsp3) is 0.500. The molecular weight excluding hydrogens is 308 g/mol. The summed E-state index contributed by atoms with van der Waals surface area (Å²) in [5.74, 6) is 0. The third-order valence-corrected chi connectivity index (χ3v) is 6.02. The van der Waals surface area contributed by atoms with E-state index in [2.05, 4.69) is 45.1 Å². The average Bonchev–Trinajstić information content (AvgIpc) is 2.79. The zero-order valence-electron chi connectivity index (χ0n) is 10.3. The molecule has 1 aromatic carbocycles. The van der Waals surface area contributed by atoms with Crippen LogP contribution in [-0.4, -0.2) is 40.3 Å². The minimum atomic E-state index is 0.630. The van der Waals surface area contributed by atoms with Crippen molar-refractivity contribution in [1.29, 1.82) is 0 Å². The molecule has 0 bridgehead atoms. The van der Waals surface area contributed by atoms with Crippen molar-refractivity contribution in [2.75, 3.05) is 25.0 Å². The topological polar surface area (TPSA) is 15.6 Å². The summed E-state index contributed by atoms with van der Waals surface area (Å²) in [4.78, 5) is 7.16. The molecule has 2 aliphatic heterocycles. The molecule has 1 unspecified atom stereocenters. The van der Waals surface area contributed by atoms with Gasteiger partial charge in [-0.05, 0) is 24.0 Å². The smallest absolute Gasteiger partial charge is 0.159 e. The van der Waals surface area contributed by atoms with Crippen LogP contribution in [0.15, 0.2) is 29.3 Å². The summed E-state index contributed by atoms with van der Waals surface area (Å²) in [6.07, 6.45) is 2.30. The molecule has 2 nitrogen and oxygen atoms in total. The van der Waals surface area contributed by atoms with Crippen LogP contribution in [0.5, 0.6) is 0 Å². The average molecular weight is 325 g/mol. The summed E-state index contributed by atoms with van der Waals surface area (Å²) < 4.78 is 0. The summed E-state index contributed by atoms with van der Waals surface area (Å²) in [5.41, 5.74) is 3.03. The van der Waals surface area contributed by atoms with Gasteiger partial charge in [-0.3, -0.25) is 4.99 Å².